The van der Waals surface area contributed by atoms with E-state index in [1.807, 2.05) is 13.2 Å². The molecule has 1 heterocycles. The summed E-state index contributed by atoms with van der Waals surface area (Å²) in [6.07, 6.45) is 5.48. The van der Waals surface area contributed by atoms with E-state index in [1.165, 1.54) is 12.8 Å². The predicted octanol–water partition coefficient (Wildman–Crippen LogP) is 0.598. The highest BCUT2D eigenvalue weighted by Gasteiger charge is 2.20. The van der Waals surface area contributed by atoms with Gasteiger partial charge in [0.2, 0.25) is 5.91 Å². The van der Waals surface area contributed by atoms with E-state index < -0.39 is 0 Å². The van der Waals surface area contributed by atoms with Crippen LogP contribution in [-0.4, -0.2) is 28.8 Å². The number of rotatable bonds is 7. The minimum absolute atomic E-state index is 0.0570. The van der Waals surface area contributed by atoms with Crippen molar-refractivity contribution in [3.05, 3.63) is 17.5 Å². The summed E-state index contributed by atoms with van der Waals surface area (Å²) in [5.41, 5.74) is 2.17. The van der Waals surface area contributed by atoms with Crippen LogP contribution in [0.15, 0.2) is 6.20 Å². The van der Waals surface area contributed by atoms with Crippen molar-refractivity contribution < 1.29 is 4.79 Å². The van der Waals surface area contributed by atoms with Gasteiger partial charge in [0.05, 0.1) is 12.2 Å². The van der Waals surface area contributed by atoms with Crippen LogP contribution in [0.25, 0.3) is 0 Å². The lowest BCUT2D eigenvalue weighted by Crippen LogP contribution is -2.34. The van der Waals surface area contributed by atoms with Crippen LogP contribution in [0.4, 0.5) is 0 Å². The number of hydrogen-bond donors (Lipinski definition) is 2. The number of carbonyl (C=O) groups excluding carboxylic acids is 1. The maximum Gasteiger partial charge on any atom is 0.234 e. The van der Waals surface area contributed by atoms with Crippen molar-refractivity contribution >= 4 is 5.91 Å². The molecular formula is C13H22N4O. The van der Waals surface area contributed by atoms with Crippen molar-refractivity contribution in [2.75, 3.05) is 13.1 Å². The zero-order chi connectivity index (χ0) is 13.0. The number of aromatic nitrogens is 2. The lowest BCUT2D eigenvalue weighted by Gasteiger charge is -2.06. The molecule has 1 amide bonds. The minimum Gasteiger partial charge on any atom is -0.351 e. The number of amides is 1. The molecule has 1 aromatic rings. The van der Waals surface area contributed by atoms with Crippen LogP contribution >= 0.6 is 0 Å². The van der Waals surface area contributed by atoms with Gasteiger partial charge in [0.15, 0.2) is 0 Å². The van der Waals surface area contributed by atoms with Crippen LogP contribution in [0.1, 0.15) is 31.0 Å². The van der Waals surface area contributed by atoms with Crippen molar-refractivity contribution in [1.29, 1.82) is 0 Å². The van der Waals surface area contributed by atoms with E-state index in [4.69, 9.17) is 0 Å². The van der Waals surface area contributed by atoms with Crippen molar-refractivity contribution in [3.63, 3.8) is 0 Å². The second kappa shape index (κ2) is 6.00. The van der Waals surface area contributed by atoms with Gasteiger partial charge in [0.1, 0.15) is 0 Å². The second-order valence-corrected chi connectivity index (χ2v) is 4.98. The zero-order valence-electron chi connectivity index (χ0n) is 11.2. The molecule has 0 bridgehead atoms. The van der Waals surface area contributed by atoms with E-state index in [2.05, 4.69) is 22.7 Å². The molecule has 0 atom stereocenters. The highest BCUT2D eigenvalue weighted by molar-refractivity contribution is 5.77. The highest BCUT2D eigenvalue weighted by Crippen LogP contribution is 2.27. The maximum absolute atomic E-state index is 11.6. The molecule has 1 aliphatic carbocycles. The molecule has 5 heteroatoms. The van der Waals surface area contributed by atoms with Gasteiger partial charge < -0.3 is 10.6 Å². The molecule has 1 saturated carbocycles. The van der Waals surface area contributed by atoms with Crippen LogP contribution in [0.5, 0.6) is 0 Å². The van der Waals surface area contributed by atoms with Crippen molar-refractivity contribution in [3.8, 4) is 0 Å². The van der Waals surface area contributed by atoms with Gasteiger partial charge in [0, 0.05) is 25.4 Å². The van der Waals surface area contributed by atoms with Crippen LogP contribution < -0.4 is 10.6 Å². The standard InChI is InChI=1S/C13H22N4O/c1-3-12-11(9-17(2)16-12)7-15-13(18)8-14-6-10-4-5-10/h9-10,14H,3-8H2,1-2H3,(H,15,18). The molecule has 0 spiro atoms. The van der Waals surface area contributed by atoms with Gasteiger partial charge in [-0.3, -0.25) is 9.48 Å². The van der Waals surface area contributed by atoms with Gasteiger partial charge in [0.25, 0.3) is 0 Å². The second-order valence-electron chi connectivity index (χ2n) is 4.98. The Bertz CT molecular complexity index is 409. The number of carbonyl (C=O) groups is 1. The smallest absolute Gasteiger partial charge is 0.234 e. The fraction of sp³-hybridized carbons (Fsp3) is 0.692. The van der Waals surface area contributed by atoms with Crippen LogP contribution in [-0.2, 0) is 24.8 Å². The van der Waals surface area contributed by atoms with E-state index in [0.29, 0.717) is 13.1 Å². The molecule has 1 aromatic heterocycles. The zero-order valence-corrected chi connectivity index (χ0v) is 11.2. The van der Waals surface area contributed by atoms with Gasteiger partial charge in [-0.25, -0.2) is 0 Å². The summed E-state index contributed by atoms with van der Waals surface area (Å²) in [7, 11) is 1.90. The highest BCUT2D eigenvalue weighted by atomic mass is 16.1. The summed E-state index contributed by atoms with van der Waals surface area (Å²) in [6.45, 7) is 4.03. The molecular weight excluding hydrogens is 228 g/mol. The Kier molecular flexibility index (Phi) is 4.36. The van der Waals surface area contributed by atoms with Crippen LogP contribution in [0, 0.1) is 5.92 Å². The first-order chi connectivity index (χ1) is 8.69. The van der Waals surface area contributed by atoms with Gasteiger partial charge in [-0.2, -0.15) is 5.10 Å². The third-order valence-corrected chi connectivity index (χ3v) is 3.22. The summed E-state index contributed by atoms with van der Waals surface area (Å²) in [5, 5.41) is 10.5. The van der Waals surface area contributed by atoms with Gasteiger partial charge in [-0.05, 0) is 31.7 Å². The van der Waals surface area contributed by atoms with E-state index in [0.717, 1.165) is 30.1 Å². The molecule has 1 fully saturated rings. The number of nitrogens with zero attached hydrogens (tertiary/aromatic N) is 2. The molecule has 18 heavy (non-hydrogen) atoms. The van der Waals surface area contributed by atoms with E-state index in [1.54, 1.807) is 4.68 Å². The van der Waals surface area contributed by atoms with E-state index in [9.17, 15) is 4.79 Å². The Morgan fingerprint density at radius 1 is 1.56 bits per heavy atom. The summed E-state index contributed by atoms with van der Waals surface area (Å²) in [6, 6.07) is 0. The number of nitrogens with one attached hydrogen (secondary N) is 2. The first-order valence-electron chi connectivity index (χ1n) is 6.67. The average Bonchev–Trinajstić information content (AvgIpc) is 3.09. The molecule has 100 valence electrons. The van der Waals surface area contributed by atoms with Crippen molar-refractivity contribution in [1.82, 2.24) is 20.4 Å². The summed E-state index contributed by atoms with van der Waals surface area (Å²) in [4.78, 5) is 11.6. The van der Waals surface area contributed by atoms with E-state index in [-0.39, 0.29) is 5.91 Å². The first kappa shape index (κ1) is 13.1. The molecule has 2 N–H and O–H groups in total. The summed E-state index contributed by atoms with van der Waals surface area (Å²) < 4.78 is 1.80. The van der Waals surface area contributed by atoms with E-state index >= 15 is 0 Å². The lowest BCUT2D eigenvalue weighted by atomic mass is 10.2. The maximum atomic E-state index is 11.6. The fourth-order valence-electron chi connectivity index (χ4n) is 2.00. The van der Waals surface area contributed by atoms with Crippen molar-refractivity contribution in [2.45, 2.75) is 32.7 Å². The third-order valence-electron chi connectivity index (χ3n) is 3.22. The molecule has 0 radical (unpaired) electrons. The normalized spacial score (nSPS) is 14.8. The minimum atomic E-state index is 0.0570. The third kappa shape index (κ3) is 3.84. The van der Waals surface area contributed by atoms with Gasteiger partial charge >= 0.3 is 0 Å². The molecule has 0 saturated heterocycles. The molecule has 0 aliphatic heterocycles. The molecule has 2 rings (SSSR count). The monoisotopic (exact) mass is 250 g/mol. The van der Waals surface area contributed by atoms with Crippen LogP contribution in [0.2, 0.25) is 0 Å². The van der Waals surface area contributed by atoms with Gasteiger partial charge in [-0.1, -0.05) is 6.92 Å². The molecule has 5 nitrogen and oxygen atoms in total. The molecule has 0 unspecified atom stereocenters. The first-order valence-corrected chi connectivity index (χ1v) is 6.67. The van der Waals surface area contributed by atoms with Gasteiger partial charge in [-0.15, -0.1) is 0 Å². The Morgan fingerprint density at radius 2 is 2.33 bits per heavy atom. The lowest BCUT2D eigenvalue weighted by molar-refractivity contribution is -0.120. The summed E-state index contributed by atoms with van der Waals surface area (Å²) in [5.74, 6) is 0.865. The Labute approximate surface area is 108 Å². The molecule has 1 aliphatic rings. The molecule has 0 aromatic carbocycles. The average molecular weight is 250 g/mol. The predicted molar refractivity (Wildman–Crippen MR) is 70.0 cm³/mol. The Hall–Kier alpha value is -1.36. The summed E-state index contributed by atoms with van der Waals surface area (Å²) >= 11 is 0. The largest absolute Gasteiger partial charge is 0.351 e. The Morgan fingerprint density at radius 3 is 3.00 bits per heavy atom. The topological polar surface area (TPSA) is 59.0 Å². The number of hydrogen-bond acceptors (Lipinski definition) is 3. The van der Waals surface area contributed by atoms with Crippen molar-refractivity contribution in [2.24, 2.45) is 13.0 Å². The fourth-order valence-corrected chi connectivity index (χ4v) is 2.00. The quantitative estimate of drug-likeness (QED) is 0.745. The van der Waals surface area contributed by atoms with Crippen LogP contribution in [0.3, 0.4) is 0 Å². The Balaban J connectivity index is 1.70. The number of aryl methyl sites for hydroxylation is 2. The SMILES string of the molecule is CCc1nn(C)cc1CNC(=O)CNCC1CC1.